The molecule has 16 heavy (non-hydrogen) atoms. The quantitative estimate of drug-likeness (QED) is 0.857. The minimum absolute atomic E-state index is 0.311. The SMILES string of the molecule is CCCCn1ncc2ccc(C(=O)O)cc21. The van der Waals surface area contributed by atoms with Crippen LogP contribution >= 0.6 is 0 Å². The van der Waals surface area contributed by atoms with Gasteiger partial charge in [0.2, 0.25) is 0 Å². The third-order valence-corrected chi connectivity index (χ3v) is 2.62. The van der Waals surface area contributed by atoms with E-state index in [-0.39, 0.29) is 0 Å². The number of aryl methyl sites for hydroxylation is 1. The first-order valence-corrected chi connectivity index (χ1v) is 5.41. The normalized spacial score (nSPS) is 10.8. The second kappa shape index (κ2) is 4.35. The highest BCUT2D eigenvalue weighted by Gasteiger charge is 2.07. The van der Waals surface area contributed by atoms with E-state index in [9.17, 15) is 4.79 Å². The predicted molar refractivity (Wildman–Crippen MR) is 61.6 cm³/mol. The fourth-order valence-corrected chi connectivity index (χ4v) is 1.69. The molecule has 0 spiro atoms. The molecule has 0 atom stereocenters. The van der Waals surface area contributed by atoms with Crippen molar-refractivity contribution >= 4 is 16.9 Å². The fourth-order valence-electron chi connectivity index (χ4n) is 1.69. The number of aromatic nitrogens is 2. The van der Waals surface area contributed by atoms with E-state index in [0.29, 0.717) is 5.56 Å². The number of fused-ring (bicyclic) bond motifs is 1. The Morgan fingerprint density at radius 3 is 3.00 bits per heavy atom. The van der Waals surface area contributed by atoms with Crippen molar-refractivity contribution in [3.05, 3.63) is 30.0 Å². The summed E-state index contributed by atoms with van der Waals surface area (Å²) in [4.78, 5) is 10.9. The van der Waals surface area contributed by atoms with Crippen LogP contribution in [0.2, 0.25) is 0 Å². The Bertz CT molecular complexity index is 517. The maximum atomic E-state index is 10.9. The molecule has 0 aliphatic heterocycles. The van der Waals surface area contributed by atoms with Crippen LogP contribution in [0.5, 0.6) is 0 Å². The van der Waals surface area contributed by atoms with E-state index in [1.165, 1.54) is 0 Å². The lowest BCUT2D eigenvalue weighted by atomic mass is 10.1. The topological polar surface area (TPSA) is 55.1 Å². The van der Waals surface area contributed by atoms with E-state index in [4.69, 9.17) is 5.11 Å². The summed E-state index contributed by atoms with van der Waals surface area (Å²) < 4.78 is 1.87. The van der Waals surface area contributed by atoms with Gasteiger partial charge in [0.25, 0.3) is 0 Å². The van der Waals surface area contributed by atoms with Gasteiger partial charge in [-0.15, -0.1) is 0 Å². The van der Waals surface area contributed by atoms with Crippen molar-refractivity contribution in [3.63, 3.8) is 0 Å². The predicted octanol–water partition coefficient (Wildman–Crippen LogP) is 2.53. The van der Waals surface area contributed by atoms with Gasteiger partial charge in [0, 0.05) is 11.9 Å². The monoisotopic (exact) mass is 218 g/mol. The Labute approximate surface area is 93.5 Å². The molecule has 0 bridgehead atoms. The van der Waals surface area contributed by atoms with E-state index in [2.05, 4.69) is 12.0 Å². The molecule has 0 aliphatic rings. The third-order valence-electron chi connectivity index (χ3n) is 2.62. The Kier molecular flexibility index (Phi) is 2.90. The number of aromatic carboxylic acids is 1. The summed E-state index contributed by atoms with van der Waals surface area (Å²) in [5.41, 5.74) is 1.21. The third kappa shape index (κ3) is 1.91. The van der Waals surface area contributed by atoms with Crippen LogP contribution in [0.1, 0.15) is 30.1 Å². The van der Waals surface area contributed by atoms with Gasteiger partial charge in [-0.3, -0.25) is 4.68 Å². The van der Waals surface area contributed by atoms with Crippen molar-refractivity contribution in [2.45, 2.75) is 26.3 Å². The molecule has 0 aliphatic carbocycles. The van der Waals surface area contributed by atoms with Gasteiger partial charge in [-0.25, -0.2) is 4.79 Å². The number of hydrogen-bond acceptors (Lipinski definition) is 2. The summed E-state index contributed by atoms with van der Waals surface area (Å²) in [6.45, 7) is 2.96. The molecular weight excluding hydrogens is 204 g/mol. The number of hydrogen-bond donors (Lipinski definition) is 1. The van der Waals surface area contributed by atoms with Gasteiger partial charge in [0.15, 0.2) is 0 Å². The van der Waals surface area contributed by atoms with E-state index in [1.807, 2.05) is 4.68 Å². The van der Waals surface area contributed by atoms with Crippen molar-refractivity contribution in [1.82, 2.24) is 9.78 Å². The maximum absolute atomic E-state index is 10.9. The van der Waals surface area contributed by atoms with Crippen LogP contribution in [0.4, 0.5) is 0 Å². The van der Waals surface area contributed by atoms with Gasteiger partial charge < -0.3 is 5.11 Å². The Morgan fingerprint density at radius 1 is 1.50 bits per heavy atom. The molecule has 2 rings (SSSR count). The zero-order valence-electron chi connectivity index (χ0n) is 9.18. The summed E-state index contributed by atoms with van der Waals surface area (Å²) in [6.07, 6.45) is 3.92. The molecule has 1 aromatic heterocycles. The van der Waals surface area contributed by atoms with Crippen molar-refractivity contribution in [3.8, 4) is 0 Å². The Morgan fingerprint density at radius 2 is 2.31 bits per heavy atom. The van der Waals surface area contributed by atoms with Crippen LogP contribution in [0.3, 0.4) is 0 Å². The summed E-state index contributed by atoms with van der Waals surface area (Å²) >= 11 is 0. The molecule has 0 amide bonds. The van der Waals surface area contributed by atoms with Gasteiger partial charge in [-0.2, -0.15) is 5.10 Å². The number of carbonyl (C=O) groups is 1. The zero-order valence-corrected chi connectivity index (χ0v) is 9.18. The molecule has 0 fully saturated rings. The number of rotatable bonds is 4. The zero-order chi connectivity index (χ0) is 11.5. The number of benzene rings is 1. The van der Waals surface area contributed by atoms with E-state index >= 15 is 0 Å². The van der Waals surface area contributed by atoms with Crippen molar-refractivity contribution in [2.24, 2.45) is 0 Å². The molecule has 1 N–H and O–H groups in total. The number of unbranched alkanes of at least 4 members (excludes halogenated alkanes) is 1. The molecule has 0 saturated carbocycles. The van der Waals surface area contributed by atoms with Gasteiger partial charge in [-0.05, 0) is 18.6 Å². The van der Waals surface area contributed by atoms with Crippen LogP contribution in [0.15, 0.2) is 24.4 Å². The van der Waals surface area contributed by atoms with Gasteiger partial charge in [0.1, 0.15) is 0 Å². The number of nitrogens with zero attached hydrogens (tertiary/aromatic N) is 2. The van der Waals surface area contributed by atoms with E-state index in [1.54, 1.807) is 24.4 Å². The minimum Gasteiger partial charge on any atom is -0.478 e. The lowest BCUT2D eigenvalue weighted by Crippen LogP contribution is -2.01. The second-order valence-corrected chi connectivity index (χ2v) is 3.80. The standard InChI is InChI=1S/C12H14N2O2/c1-2-3-6-14-11-7-9(12(15)16)4-5-10(11)8-13-14/h4-5,7-8H,2-3,6H2,1H3,(H,15,16). The summed E-state index contributed by atoms with van der Waals surface area (Å²) in [7, 11) is 0. The fraction of sp³-hybridized carbons (Fsp3) is 0.333. The van der Waals surface area contributed by atoms with Crippen molar-refractivity contribution in [2.75, 3.05) is 0 Å². The average Bonchev–Trinajstić information content (AvgIpc) is 2.68. The van der Waals surface area contributed by atoms with E-state index in [0.717, 1.165) is 30.3 Å². The first-order chi connectivity index (χ1) is 7.72. The number of carboxylic acids is 1. The molecule has 0 radical (unpaired) electrons. The largest absolute Gasteiger partial charge is 0.478 e. The highest BCUT2D eigenvalue weighted by Crippen LogP contribution is 2.16. The van der Waals surface area contributed by atoms with E-state index < -0.39 is 5.97 Å². The molecule has 84 valence electrons. The van der Waals surface area contributed by atoms with Gasteiger partial charge in [0.05, 0.1) is 17.3 Å². The molecule has 4 heteroatoms. The molecule has 2 aromatic rings. The number of carboxylic acid groups (broad SMARTS) is 1. The summed E-state index contributed by atoms with van der Waals surface area (Å²) in [5.74, 6) is -0.898. The second-order valence-electron chi connectivity index (χ2n) is 3.80. The average molecular weight is 218 g/mol. The van der Waals surface area contributed by atoms with Crippen molar-refractivity contribution in [1.29, 1.82) is 0 Å². The lowest BCUT2D eigenvalue weighted by molar-refractivity contribution is 0.0697. The molecular formula is C12H14N2O2. The summed E-state index contributed by atoms with van der Waals surface area (Å²) in [5, 5.41) is 14.2. The molecule has 0 unspecified atom stereocenters. The Balaban J connectivity index is 2.43. The first kappa shape index (κ1) is 10.7. The van der Waals surface area contributed by atoms with Crippen LogP contribution in [-0.4, -0.2) is 20.9 Å². The lowest BCUT2D eigenvalue weighted by Gasteiger charge is -2.02. The van der Waals surface area contributed by atoms with Crippen LogP contribution in [0.25, 0.3) is 10.9 Å². The highest BCUT2D eigenvalue weighted by atomic mass is 16.4. The van der Waals surface area contributed by atoms with Crippen LogP contribution < -0.4 is 0 Å². The Hall–Kier alpha value is -1.84. The smallest absolute Gasteiger partial charge is 0.335 e. The molecule has 1 heterocycles. The van der Waals surface area contributed by atoms with Gasteiger partial charge >= 0.3 is 5.97 Å². The van der Waals surface area contributed by atoms with Crippen LogP contribution in [-0.2, 0) is 6.54 Å². The molecule has 4 nitrogen and oxygen atoms in total. The molecule has 0 saturated heterocycles. The summed E-state index contributed by atoms with van der Waals surface area (Å²) in [6, 6.07) is 5.09. The maximum Gasteiger partial charge on any atom is 0.335 e. The van der Waals surface area contributed by atoms with Crippen molar-refractivity contribution < 1.29 is 9.90 Å². The first-order valence-electron chi connectivity index (χ1n) is 5.41. The highest BCUT2D eigenvalue weighted by molar-refractivity contribution is 5.93. The van der Waals surface area contributed by atoms with Gasteiger partial charge in [-0.1, -0.05) is 19.4 Å². The molecule has 1 aromatic carbocycles. The van der Waals surface area contributed by atoms with Crippen LogP contribution in [0, 0.1) is 0 Å². The minimum atomic E-state index is -0.898.